The largest absolute Gasteiger partial charge is 0.325 e. The summed E-state index contributed by atoms with van der Waals surface area (Å²) in [6.07, 6.45) is 8.41. The summed E-state index contributed by atoms with van der Waals surface area (Å²) >= 11 is 0. The van der Waals surface area contributed by atoms with Gasteiger partial charge in [0.05, 0.1) is 16.8 Å². The number of aromatic nitrogens is 1. The van der Waals surface area contributed by atoms with Crippen LogP contribution in [0.25, 0.3) is 0 Å². The highest BCUT2D eigenvalue weighted by atomic mass is 32.2. The van der Waals surface area contributed by atoms with E-state index in [0.717, 1.165) is 37.7 Å². The Morgan fingerprint density at radius 3 is 2.58 bits per heavy atom. The first-order chi connectivity index (χ1) is 12.4. The molecule has 138 valence electrons. The zero-order chi connectivity index (χ0) is 18.6. The summed E-state index contributed by atoms with van der Waals surface area (Å²) in [6, 6.07) is 10.3. The van der Waals surface area contributed by atoms with Crippen molar-refractivity contribution in [2.45, 2.75) is 48.8 Å². The summed E-state index contributed by atoms with van der Waals surface area (Å²) in [5.74, 6) is -0.0964. The Hall–Kier alpha value is -2.25. The molecule has 3 N–H and O–H groups in total. The number of pyridine rings is 1. The van der Waals surface area contributed by atoms with Crippen LogP contribution >= 0.6 is 0 Å². The van der Waals surface area contributed by atoms with Gasteiger partial charge in [-0.1, -0.05) is 31.4 Å². The summed E-state index contributed by atoms with van der Waals surface area (Å²) in [5, 5.41) is 8.17. The first-order valence-corrected chi connectivity index (χ1v) is 10.3. The van der Waals surface area contributed by atoms with Gasteiger partial charge in [0.1, 0.15) is 0 Å². The number of benzene rings is 1. The average molecular weight is 373 g/mol. The summed E-state index contributed by atoms with van der Waals surface area (Å²) in [7, 11) is -3.78. The maximum Gasteiger partial charge on any atom is 0.238 e. The Morgan fingerprint density at radius 2 is 1.92 bits per heavy atom. The van der Waals surface area contributed by atoms with E-state index in [4.69, 9.17) is 5.14 Å². The molecular weight excluding hydrogens is 350 g/mol. The minimum Gasteiger partial charge on any atom is -0.325 e. The topological polar surface area (TPSA) is 102 Å². The van der Waals surface area contributed by atoms with E-state index >= 15 is 0 Å². The third-order valence-electron chi connectivity index (χ3n) is 5.03. The first kappa shape index (κ1) is 18.5. The standard InChI is InChI=1S/C19H23N3O3S/c20-26(24,25)17-8-4-6-15(12-17)19(9-2-1-3-10-19)13-18(23)22-16-7-5-11-21-14-16/h4-8,11-12,14H,1-3,9-10,13H2,(H,22,23)(H2,20,24,25). The number of sulfonamides is 1. The van der Waals surface area contributed by atoms with Crippen LogP contribution in [0.5, 0.6) is 0 Å². The van der Waals surface area contributed by atoms with E-state index < -0.39 is 10.0 Å². The molecule has 0 spiro atoms. The monoisotopic (exact) mass is 373 g/mol. The molecule has 1 aliphatic rings. The van der Waals surface area contributed by atoms with E-state index in [1.807, 2.05) is 6.07 Å². The number of rotatable bonds is 5. The van der Waals surface area contributed by atoms with Crippen LogP contribution in [0.1, 0.15) is 44.1 Å². The number of hydrogen-bond acceptors (Lipinski definition) is 4. The summed E-state index contributed by atoms with van der Waals surface area (Å²) < 4.78 is 23.5. The Labute approximate surface area is 153 Å². The van der Waals surface area contributed by atoms with Gasteiger partial charge in [0.25, 0.3) is 0 Å². The molecule has 0 radical (unpaired) electrons. The Bertz CT molecular complexity index is 876. The molecule has 1 heterocycles. The molecule has 1 fully saturated rings. The van der Waals surface area contributed by atoms with Crippen LogP contribution < -0.4 is 10.5 Å². The van der Waals surface area contributed by atoms with E-state index in [-0.39, 0.29) is 16.2 Å². The predicted octanol–water partition coefficient (Wildman–Crippen LogP) is 2.96. The Kier molecular flexibility index (Phi) is 5.38. The van der Waals surface area contributed by atoms with Crippen LogP contribution in [-0.4, -0.2) is 19.3 Å². The van der Waals surface area contributed by atoms with Crippen molar-refractivity contribution >= 4 is 21.6 Å². The van der Waals surface area contributed by atoms with Gasteiger partial charge in [-0.2, -0.15) is 0 Å². The third kappa shape index (κ3) is 4.28. The van der Waals surface area contributed by atoms with E-state index in [1.165, 1.54) is 6.07 Å². The van der Waals surface area contributed by atoms with E-state index in [9.17, 15) is 13.2 Å². The third-order valence-corrected chi connectivity index (χ3v) is 5.94. The number of nitrogens with one attached hydrogen (secondary N) is 1. The fourth-order valence-corrected chi connectivity index (χ4v) is 4.31. The molecule has 1 amide bonds. The summed E-state index contributed by atoms with van der Waals surface area (Å²) in [5.41, 5.74) is 1.15. The second kappa shape index (κ2) is 7.55. The second-order valence-electron chi connectivity index (χ2n) is 6.88. The highest BCUT2D eigenvalue weighted by Gasteiger charge is 2.36. The van der Waals surface area contributed by atoms with Gasteiger partial charge in [-0.15, -0.1) is 0 Å². The number of hydrogen-bond donors (Lipinski definition) is 2. The van der Waals surface area contributed by atoms with Crippen molar-refractivity contribution in [3.05, 3.63) is 54.4 Å². The molecule has 0 unspecified atom stereocenters. The van der Waals surface area contributed by atoms with Gasteiger partial charge in [-0.25, -0.2) is 13.6 Å². The lowest BCUT2D eigenvalue weighted by atomic mass is 9.67. The number of carbonyl (C=O) groups is 1. The molecule has 1 saturated carbocycles. The molecule has 1 aromatic carbocycles. The molecule has 0 saturated heterocycles. The van der Waals surface area contributed by atoms with Crippen LogP contribution in [-0.2, 0) is 20.2 Å². The normalized spacial score (nSPS) is 16.8. The van der Waals surface area contributed by atoms with E-state index in [1.54, 1.807) is 36.7 Å². The van der Waals surface area contributed by atoms with E-state index in [2.05, 4.69) is 10.3 Å². The molecule has 0 atom stereocenters. The number of primary sulfonamides is 1. The minimum absolute atomic E-state index is 0.0904. The Balaban J connectivity index is 1.88. The van der Waals surface area contributed by atoms with Crippen LogP contribution in [0.2, 0.25) is 0 Å². The van der Waals surface area contributed by atoms with Crippen LogP contribution in [0.3, 0.4) is 0 Å². The fraction of sp³-hybridized carbons (Fsp3) is 0.368. The highest BCUT2D eigenvalue weighted by Crippen LogP contribution is 2.42. The van der Waals surface area contributed by atoms with E-state index in [0.29, 0.717) is 12.1 Å². The van der Waals surface area contributed by atoms with Crippen LogP contribution in [0.4, 0.5) is 5.69 Å². The molecule has 7 heteroatoms. The van der Waals surface area contributed by atoms with Crippen molar-refractivity contribution in [1.82, 2.24) is 4.98 Å². The van der Waals surface area contributed by atoms with Gasteiger partial charge in [-0.05, 0) is 42.7 Å². The maximum atomic E-state index is 12.7. The fourth-order valence-electron chi connectivity index (χ4n) is 3.75. The summed E-state index contributed by atoms with van der Waals surface area (Å²) in [4.78, 5) is 16.8. The predicted molar refractivity (Wildman–Crippen MR) is 100 cm³/mol. The minimum atomic E-state index is -3.78. The van der Waals surface area contributed by atoms with Gasteiger partial charge in [0.2, 0.25) is 15.9 Å². The highest BCUT2D eigenvalue weighted by molar-refractivity contribution is 7.89. The number of nitrogens with zero attached hydrogens (tertiary/aromatic N) is 1. The molecule has 1 aliphatic carbocycles. The second-order valence-corrected chi connectivity index (χ2v) is 8.44. The molecule has 3 rings (SSSR count). The smallest absolute Gasteiger partial charge is 0.238 e. The maximum absolute atomic E-state index is 12.7. The average Bonchev–Trinajstić information content (AvgIpc) is 2.62. The SMILES string of the molecule is NS(=O)(=O)c1cccc(C2(CC(=O)Nc3cccnc3)CCCCC2)c1. The van der Waals surface area contributed by atoms with Gasteiger partial charge in [0, 0.05) is 18.0 Å². The van der Waals surface area contributed by atoms with Crippen molar-refractivity contribution in [3.63, 3.8) is 0 Å². The van der Waals surface area contributed by atoms with Crippen LogP contribution in [0, 0.1) is 0 Å². The molecule has 6 nitrogen and oxygen atoms in total. The van der Waals surface area contributed by atoms with Gasteiger partial charge in [-0.3, -0.25) is 9.78 Å². The summed E-state index contributed by atoms with van der Waals surface area (Å²) in [6.45, 7) is 0. The molecule has 1 aromatic heterocycles. The van der Waals surface area contributed by atoms with Crippen molar-refractivity contribution in [1.29, 1.82) is 0 Å². The molecule has 0 bridgehead atoms. The molecule has 0 aliphatic heterocycles. The molecule has 2 aromatic rings. The van der Waals surface area contributed by atoms with Crippen molar-refractivity contribution < 1.29 is 13.2 Å². The molecular formula is C19H23N3O3S. The number of nitrogens with two attached hydrogens (primary N) is 1. The molecule has 26 heavy (non-hydrogen) atoms. The van der Waals surface area contributed by atoms with Gasteiger partial charge >= 0.3 is 0 Å². The lowest BCUT2D eigenvalue weighted by molar-refractivity contribution is -0.117. The number of anilines is 1. The lowest BCUT2D eigenvalue weighted by Crippen LogP contribution is -2.34. The number of carbonyl (C=O) groups excluding carboxylic acids is 1. The quantitative estimate of drug-likeness (QED) is 0.841. The van der Waals surface area contributed by atoms with Gasteiger partial charge in [0.15, 0.2) is 0 Å². The number of amides is 1. The van der Waals surface area contributed by atoms with Crippen molar-refractivity contribution in [3.8, 4) is 0 Å². The van der Waals surface area contributed by atoms with Crippen LogP contribution in [0.15, 0.2) is 53.7 Å². The zero-order valence-electron chi connectivity index (χ0n) is 14.5. The Morgan fingerprint density at radius 1 is 1.15 bits per heavy atom. The zero-order valence-corrected chi connectivity index (χ0v) is 15.3. The van der Waals surface area contributed by atoms with Crippen molar-refractivity contribution in [2.75, 3.05) is 5.32 Å². The van der Waals surface area contributed by atoms with Gasteiger partial charge < -0.3 is 5.32 Å². The first-order valence-electron chi connectivity index (χ1n) is 8.72. The lowest BCUT2D eigenvalue weighted by Gasteiger charge is -2.37. The van der Waals surface area contributed by atoms with Crippen molar-refractivity contribution in [2.24, 2.45) is 5.14 Å².